The van der Waals surface area contributed by atoms with E-state index in [9.17, 15) is 0 Å². The number of hydrogen-bond acceptors (Lipinski definition) is 2. The van der Waals surface area contributed by atoms with Crippen LogP contribution in [-0.4, -0.2) is 32.3 Å². The molecule has 56 heavy (non-hydrogen) atoms. The molecule has 2 nitrogen and oxygen atoms in total. The average Bonchev–Trinajstić information content (AvgIpc) is 3.90. The van der Waals surface area contributed by atoms with Gasteiger partial charge in [0.2, 0.25) is 0 Å². The van der Waals surface area contributed by atoms with Gasteiger partial charge in [-0.1, -0.05) is 178 Å². The lowest BCUT2D eigenvalue weighted by Gasteiger charge is -2.61. The maximum atomic E-state index is 5.20. The molecule has 0 saturated carbocycles. The second-order valence-electron chi connectivity index (χ2n) is 22.7. The minimum absolute atomic E-state index is 0.245. The summed E-state index contributed by atoms with van der Waals surface area (Å²) in [5.74, 6) is 0. The first-order valence-electron chi connectivity index (χ1n) is 23.4. The first-order valence-corrected chi connectivity index (χ1v) is 32.4. The van der Waals surface area contributed by atoms with Crippen LogP contribution >= 0.6 is 0 Å². The third kappa shape index (κ3) is 5.72. The third-order valence-electron chi connectivity index (χ3n) is 17.8. The van der Waals surface area contributed by atoms with Gasteiger partial charge in [0.15, 0.2) is 0 Å². The fourth-order valence-electron chi connectivity index (χ4n) is 18.2. The first kappa shape index (κ1) is 47.6. The van der Waals surface area contributed by atoms with Gasteiger partial charge in [0.05, 0.1) is 43.7 Å². The minimum atomic E-state index is -1.99. The fourth-order valence-corrected chi connectivity index (χ4v) is 66.2. The Morgan fingerprint density at radius 2 is 0.464 bits per heavy atom. The van der Waals surface area contributed by atoms with E-state index >= 15 is 0 Å². The van der Waals surface area contributed by atoms with E-state index in [4.69, 9.17) is 10.2 Å². The van der Waals surface area contributed by atoms with Gasteiger partial charge in [-0.2, -0.15) is 10.2 Å². The predicted octanol–water partition coefficient (Wildman–Crippen LogP) is 18.2. The van der Waals surface area contributed by atoms with Gasteiger partial charge in [0.1, 0.15) is 0 Å². The van der Waals surface area contributed by atoms with Crippen LogP contribution < -0.4 is 0 Å². The van der Waals surface area contributed by atoms with Crippen LogP contribution in [0.25, 0.3) is 0 Å². The zero-order chi connectivity index (χ0) is 43.0. The lowest BCUT2D eigenvalue weighted by molar-refractivity contribution is 0.712. The van der Waals surface area contributed by atoms with E-state index in [1.807, 2.05) is 0 Å². The number of nitrogens with zero attached hydrogens (tertiary/aromatic N) is 2. The third-order valence-corrected chi connectivity index (χ3v) is 53.3. The highest BCUT2D eigenvalue weighted by Gasteiger charge is 2.79. The summed E-state index contributed by atoms with van der Waals surface area (Å²) >= 11 is 0. The van der Waals surface area contributed by atoms with Gasteiger partial charge >= 0.3 is 0 Å². The highest BCUT2D eigenvalue weighted by molar-refractivity contribution is 7.08. The predicted molar refractivity (Wildman–Crippen MR) is 263 cm³/mol. The second kappa shape index (κ2) is 16.1. The van der Waals surface area contributed by atoms with E-state index in [0.717, 1.165) is 11.4 Å². The summed E-state index contributed by atoms with van der Waals surface area (Å²) in [7, 11) is -7.98. The van der Waals surface area contributed by atoms with Crippen LogP contribution in [0.3, 0.4) is 0 Å². The average molecular weight is 832 g/mol. The van der Waals surface area contributed by atoms with E-state index in [1.165, 1.54) is 0 Å². The van der Waals surface area contributed by atoms with Crippen LogP contribution in [0.4, 0.5) is 11.4 Å². The molecule has 2 aromatic rings. The normalized spacial score (nSPS) is 17.3. The molecule has 0 atom stereocenters. The van der Waals surface area contributed by atoms with Crippen LogP contribution in [0.15, 0.2) is 46.6 Å². The summed E-state index contributed by atoms with van der Waals surface area (Å²) in [5.41, 5.74) is 17.1. The molecular formula is C50H90N2Si4. The van der Waals surface area contributed by atoms with Crippen molar-refractivity contribution in [2.75, 3.05) is 0 Å². The molecule has 4 rings (SSSR count). The largest absolute Gasteiger partial charge is 0.151 e. The molecule has 0 N–H and O–H groups in total. The van der Waals surface area contributed by atoms with Crippen molar-refractivity contribution in [2.24, 2.45) is 10.2 Å². The molecule has 6 heteroatoms. The van der Waals surface area contributed by atoms with Crippen LogP contribution in [-0.2, 0) is 9.32 Å². The maximum absolute atomic E-state index is 5.20. The van der Waals surface area contributed by atoms with Gasteiger partial charge in [-0.3, -0.25) is 0 Å². The van der Waals surface area contributed by atoms with Crippen LogP contribution in [0.5, 0.6) is 0 Å². The van der Waals surface area contributed by atoms with Crippen molar-refractivity contribution < 1.29 is 0 Å². The van der Waals surface area contributed by atoms with E-state index in [1.54, 1.807) is 22.3 Å². The van der Waals surface area contributed by atoms with Crippen molar-refractivity contribution in [1.29, 1.82) is 0 Å². The van der Waals surface area contributed by atoms with Crippen LogP contribution in [0.2, 0.25) is 66.5 Å². The Morgan fingerprint density at radius 3 is 0.625 bits per heavy atom. The maximum Gasteiger partial charge on any atom is 0.0860 e. The summed E-state index contributed by atoms with van der Waals surface area (Å²) < 4.78 is 0.490. The zero-order valence-electron chi connectivity index (χ0n) is 41.3. The number of hydrogen-bond donors (Lipinski definition) is 0. The Labute approximate surface area is 352 Å². The SMILES string of the molecule is CC(C)[Si](C(C)C)(C(C)C)C1([Si](C(C)C)(C(C)C)C(C)C)c2ccc(N=Nc3ccc4c(c3)C4([Si](C(C)C)(C(C)C)C(C)C)[Si](C(C)C)(C(C)C)C(C)C)cc21. The molecule has 0 aromatic heterocycles. The highest BCUT2D eigenvalue weighted by Crippen LogP contribution is 2.76. The summed E-state index contributed by atoms with van der Waals surface area (Å²) in [6.45, 7) is 62.4. The fraction of sp³-hybridized carbons (Fsp3) is 0.760. The van der Waals surface area contributed by atoms with Crippen LogP contribution in [0, 0.1) is 0 Å². The Kier molecular flexibility index (Phi) is 13.7. The lowest BCUT2D eigenvalue weighted by atomic mass is 10.3. The Hall–Kier alpha value is -1.09. The number of fused-ring (bicyclic) bond motifs is 2. The molecule has 0 saturated heterocycles. The first-order chi connectivity index (χ1) is 25.7. The van der Waals surface area contributed by atoms with Crippen molar-refractivity contribution >= 4 is 43.7 Å². The summed E-state index contributed by atoms with van der Waals surface area (Å²) in [6.07, 6.45) is 0. The minimum Gasteiger partial charge on any atom is -0.151 e. The van der Waals surface area contributed by atoms with Crippen molar-refractivity contribution in [3.8, 4) is 0 Å². The molecule has 316 valence electrons. The molecule has 0 spiro atoms. The Morgan fingerprint density at radius 1 is 0.286 bits per heavy atom. The quantitative estimate of drug-likeness (QED) is 0.106. The summed E-state index contributed by atoms with van der Waals surface area (Å²) in [5, 5.41) is 10.4. The number of rotatable bonds is 18. The van der Waals surface area contributed by atoms with E-state index in [-0.39, 0.29) is 9.32 Å². The topological polar surface area (TPSA) is 24.7 Å². The molecule has 0 amide bonds. The van der Waals surface area contributed by atoms with Gasteiger partial charge in [-0.25, -0.2) is 0 Å². The summed E-state index contributed by atoms with van der Waals surface area (Å²) in [4.78, 5) is 0. The lowest BCUT2D eigenvalue weighted by Crippen LogP contribution is -2.71. The highest BCUT2D eigenvalue weighted by atomic mass is 28.4. The smallest absolute Gasteiger partial charge is 0.0860 e. The number of azo groups is 1. The molecule has 2 aliphatic carbocycles. The van der Waals surface area contributed by atoms with Crippen molar-refractivity contribution in [3.63, 3.8) is 0 Å². The Balaban J connectivity index is 1.98. The van der Waals surface area contributed by atoms with Gasteiger partial charge in [-0.05, 0) is 113 Å². The van der Waals surface area contributed by atoms with Crippen molar-refractivity contribution in [2.45, 2.75) is 242 Å². The van der Waals surface area contributed by atoms with Crippen LogP contribution in [0.1, 0.15) is 188 Å². The molecule has 0 unspecified atom stereocenters. The zero-order valence-corrected chi connectivity index (χ0v) is 45.3. The molecule has 2 aromatic carbocycles. The van der Waals surface area contributed by atoms with E-state index in [0.29, 0.717) is 66.5 Å². The van der Waals surface area contributed by atoms with E-state index in [2.05, 4.69) is 203 Å². The summed E-state index contributed by atoms with van der Waals surface area (Å²) in [6, 6.07) is 14.9. The van der Waals surface area contributed by atoms with Gasteiger partial charge in [0, 0.05) is 9.32 Å². The standard InChI is InChI=1S/C50H90N2Si4/c1-31(2)53(32(3)4,33(5)6)49(54(34(7)8,35(9)10)36(11)12)45-27-25-43(29-47(45)49)51-52-44-26-28-46-48(30-44)50(46,55(37(13)14,38(15)16)39(17)18)56(40(19)20,41(21)22)42(23)24/h25-42H,1-24H3. The monoisotopic (exact) mass is 831 g/mol. The van der Waals surface area contributed by atoms with Gasteiger partial charge < -0.3 is 0 Å². The molecule has 2 aliphatic rings. The molecule has 0 fully saturated rings. The molecule has 0 heterocycles. The Bertz CT molecular complexity index is 1450. The number of benzene rings is 2. The van der Waals surface area contributed by atoms with Gasteiger partial charge in [-0.15, -0.1) is 0 Å². The molecular weight excluding hydrogens is 741 g/mol. The molecule has 0 aliphatic heterocycles. The molecule has 0 bridgehead atoms. The van der Waals surface area contributed by atoms with E-state index < -0.39 is 32.3 Å². The second-order valence-corrected chi connectivity index (χ2v) is 48.1. The molecule has 0 radical (unpaired) electrons. The van der Waals surface area contributed by atoms with Crippen molar-refractivity contribution in [1.82, 2.24) is 0 Å². The van der Waals surface area contributed by atoms with Crippen molar-refractivity contribution in [3.05, 3.63) is 58.7 Å². The van der Waals surface area contributed by atoms with Gasteiger partial charge in [0.25, 0.3) is 0 Å².